The van der Waals surface area contributed by atoms with Crippen molar-refractivity contribution in [2.24, 2.45) is 0 Å². The van der Waals surface area contributed by atoms with Crippen LogP contribution in [0.15, 0.2) is 30.3 Å². The maximum Gasteiger partial charge on any atom is 0.312 e. The first-order valence-electron chi connectivity index (χ1n) is 9.64. The predicted octanol–water partition coefficient (Wildman–Crippen LogP) is 0.458. The molecule has 0 unspecified atom stereocenters. The van der Waals surface area contributed by atoms with E-state index in [0.29, 0.717) is 26.2 Å². The maximum absolute atomic E-state index is 12.4. The number of carbonyl (C=O) groups excluding carboxylic acids is 3. The molecule has 0 bridgehead atoms. The third-order valence-electron chi connectivity index (χ3n) is 5.38. The standard InChI is InChI=1S/C20H28N4O3/c1-16(25)23-11-13-24(14-12-23)20(27)19(26)21-18-7-9-22(10-8-18)15-17-5-3-2-4-6-17/h2-6,18H,7-15H2,1H3,(H,21,26). The molecule has 146 valence electrons. The Kier molecular flexibility index (Phi) is 6.45. The molecule has 2 heterocycles. The van der Waals surface area contributed by atoms with Crippen LogP contribution >= 0.6 is 0 Å². The SMILES string of the molecule is CC(=O)N1CCN(C(=O)C(=O)NC2CCN(Cc3ccccc3)CC2)CC1. The van der Waals surface area contributed by atoms with Gasteiger partial charge < -0.3 is 15.1 Å². The summed E-state index contributed by atoms with van der Waals surface area (Å²) in [5.41, 5.74) is 1.29. The molecule has 0 aromatic heterocycles. The zero-order valence-corrected chi connectivity index (χ0v) is 15.9. The van der Waals surface area contributed by atoms with Crippen LogP contribution in [0.2, 0.25) is 0 Å². The van der Waals surface area contributed by atoms with Crippen LogP contribution in [0, 0.1) is 0 Å². The first kappa shape index (κ1) is 19.4. The van der Waals surface area contributed by atoms with Gasteiger partial charge in [-0.05, 0) is 18.4 Å². The Labute approximate surface area is 160 Å². The van der Waals surface area contributed by atoms with Crippen molar-refractivity contribution < 1.29 is 14.4 Å². The van der Waals surface area contributed by atoms with Gasteiger partial charge in [-0.15, -0.1) is 0 Å². The quantitative estimate of drug-likeness (QED) is 0.783. The molecular weight excluding hydrogens is 344 g/mol. The molecule has 2 aliphatic rings. The summed E-state index contributed by atoms with van der Waals surface area (Å²) >= 11 is 0. The van der Waals surface area contributed by atoms with E-state index in [4.69, 9.17) is 0 Å². The van der Waals surface area contributed by atoms with Crippen molar-refractivity contribution in [1.29, 1.82) is 0 Å². The summed E-state index contributed by atoms with van der Waals surface area (Å²) in [7, 11) is 0. The second-order valence-electron chi connectivity index (χ2n) is 7.31. The Bertz CT molecular complexity index is 663. The zero-order valence-electron chi connectivity index (χ0n) is 15.9. The zero-order chi connectivity index (χ0) is 19.2. The topological polar surface area (TPSA) is 73.0 Å². The highest BCUT2D eigenvalue weighted by molar-refractivity contribution is 6.35. The van der Waals surface area contributed by atoms with E-state index in [2.05, 4.69) is 22.3 Å². The summed E-state index contributed by atoms with van der Waals surface area (Å²) in [6, 6.07) is 10.4. The number of hydrogen-bond donors (Lipinski definition) is 1. The Morgan fingerprint density at radius 1 is 0.926 bits per heavy atom. The molecule has 27 heavy (non-hydrogen) atoms. The average Bonchev–Trinajstić information content (AvgIpc) is 2.69. The smallest absolute Gasteiger partial charge is 0.312 e. The second kappa shape index (κ2) is 8.99. The fraction of sp³-hybridized carbons (Fsp3) is 0.550. The van der Waals surface area contributed by atoms with Crippen LogP contribution in [0.25, 0.3) is 0 Å². The lowest BCUT2D eigenvalue weighted by molar-refractivity contribution is -0.148. The molecule has 2 aliphatic heterocycles. The largest absolute Gasteiger partial charge is 0.345 e. The van der Waals surface area contributed by atoms with Crippen LogP contribution in [0.1, 0.15) is 25.3 Å². The van der Waals surface area contributed by atoms with Crippen molar-refractivity contribution in [1.82, 2.24) is 20.0 Å². The first-order chi connectivity index (χ1) is 13.0. The van der Waals surface area contributed by atoms with E-state index in [9.17, 15) is 14.4 Å². The number of nitrogens with zero attached hydrogens (tertiary/aromatic N) is 3. The first-order valence-corrected chi connectivity index (χ1v) is 9.64. The third-order valence-corrected chi connectivity index (χ3v) is 5.38. The Morgan fingerprint density at radius 3 is 2.11 bits per heavy atom. The summed E-state index contributed by atoms with van der Waals surface area (Å²) in [5.74, 6) is -0.994. The number of likely N-dealkylation sites (tertiary alicyclic amines) is 1. The van der Waals surface area contributed by atoms with Gasteiger partial charge in [-0.1, -0.05) is 30.3 Å². The minimum atomic E-state index is -0.521. The van der Waals surface area contributed by atoms with Gasteiger partial charge in [-0.25, -0.2) is 0 Å². The molecule has 1 aromatic rings. The van der Waals surface area contributed by atoms with Crippen LogP contribution in [0.5, 0.6) is 0 Å². The highest BCUT2D eigenvalue weighted by Gasteiger charge is 2.29. The molecule has 7 heteroatoms. The van der Waals surface area contributed by atoms with Crippen LogP contribution < -0.4 is 5.32 Å². The lowest BCUT2D eigenvalue weighted by atomic mass is 10.0. The summed E-state index contributed by atoms with van der Waals surface area (Å²) in [5, 5.41) is 2.90. The van der Waals surface area contributed by atoms with E-state index in [1.807, 2.05) is 18.2 Å². The van der Waals surface area contributed by atoms with E-state index in [-0.39, 0.29) is 11.9 Å². The molecule has 7 nitrogen and oxygen atoms in total. The van der Waals surface area contributed by atoms with Crippen LogP contribution in [-0.2, 0) is 20.9 Å². The fourth-order valence-corrected chi connectivity index (χ4v) is 3.69. The van der Waals surface area contributed by atoms with Crippen molar-refractivity contribution in [2.45, 2.75) is 32.4 Å². The van der Waals surface area contributed by atoms with Crippen LogP contribution in [0.4, 0.5) is 0 Å². The van der Waals surface area contributed by atoms with Crippen LogP contribution in [0.3, 0.4) is 0 Å². The minimum absolute atomic E-state index is 0.00816. The van der Waals surface area contributed by atoms with Gasteiger partial charge in [0.2, 0.25) is 5.91 Å². The van der Waals surface area contributed by atoms with Gasteiger partial charge in [0.1, 0.15) is 0 Å². The van der Waals surface area contributed by atoms with Gasteiger partial charge >= 0.3 is 11.8 Å². The number of rotatable bonds is 3. The van der Waals surface area contributed by atoms with Crippen molar-refractivity contribution >= 4 is 17.7 Å². The molecule has 1 N–H and O–H groups in total. The number of carbonyl (C=O) groups is 3. The van der Waals surface area contributed by atoms with Gasteiger partial charge in [-0.2, -0.15) is 0 Å². The lowest BCUT2D eigenvalue weighted by Crippen LogP contribution is -2.55. The molecule has 0 radical (unpaired) electrons. The number of benzene rings is 1. The van der Waals surface area contributed by atoms with Crippen molar-refractivity contribution in [3.05, 3.63) is 35.9 Å². The van der Waals surface area contributed by atoms with Crippen molar-refractivity contribution in [3.8, 4) is 0 Å². The van der Waals surface area contributed by atoms with E-state index < -0.39 is 11.8 Å². The Hall–Kier alpha value is -2.41. The highest BCUT2D eigenvalue weighted by Crippen LogP contribution is 2.14. The number of piperidine rings is 1. The highest BCUT2D eigenvalue weighted by atomic mass is 16.2. The molecule has 2 saturated heterocycles. The number of hydrogen-bond acceptors (Lipinski definition) is 4. The van der Waals surface area contributed by atoms with E-state index in [1.54, 1.807) is 9.80 Å². The predicted molar refractivity (Wildman–Crippen MR) is 102 cm³/mol. The molecule has 0 aliphatic carbocycles. The number of amides is 3. The molecule has 3 amide bonds. The van der Waals surface area contributed by atoms with Gasteiger partial charge in [-0.3, -0.25) is 19.3 Å². The molecule has 3 rings (SSSR count). The number of piperazine rings is 1. The average molecular weight is 372 g/mol. The van der Waals surface area contributed by atoms with Gasteiger partial charge in [0, 0.05) is 58.8 Å². The summed E-state index contributed by atoms with van der Waals surface area (Å²) in [6.45, 7) is 6.08. The lowest BCUT2D eigenvalue weighted by Gasteiger charge is -2.35. The minimum Gasteiger partial charge on any atom is -0.345 e. The summed E-state index contributed by atoms with van der Waals surface area (Å²) in [6.07, 6.45) is 1.70. The Balaban J connectivity index is 1.40. The van der Waals surface area contributed by atoms with Gasteiger partial charge in [0.15, 0.2) is 0 Å². The van der Waals surface area contributed by atoms with Crippen molar-refractivity contribution in [2.75, 3.05) is 39.3 Å². The third kappa shape index (κ3) is 5.29. The van der Waals surface area contributed by atoms with Gasteiger partial charge in [0.25, 0.3) is 0 Å². The monoisotopic (exact) mass is 372 g/mol. The summed E-state index contributed by atoms with van der Waals surface area (Å²) < 4.78 is 0. The molecular formula is C20H28N4O3. The fourth-order valence-electron chi connectivity index (χ4n) is 3.69. The van der Waals surface area contributed by atoms with E-state index >= 15 is 0 Å². The van der Waals surface area contributed by atoms with E-state index in [0.717, 1.165) is 32.5 Å². The summed E-state index contributed by atoms with van der Waals surface area (Å²) in [4.78, 5) is 41.6. The normalized spacial score (nSPS) is 19.0. The molecule has 0 atom stereocenters. The van der Waals surface area contributed by atoms with Crippen LogP contribution in [-0.4, -0.2) is 77.7 Å². The Morgan fingerprint density at radius 2 is 1.52 bits per heavy atom. The molecule has 0 saturated carbocycles. The number of nitrogens with one attached hydrogen (secondary N) is 1. The van der Waals surface area contributed by atoms with Gasteiger partial charge in [0.05, 0.1) is 0 Å². The maximum atomic E-state index is 12.4. The second-order valence-corrected chi connectivity index (χ2v) is 7.31. The molecule has 1 aromatic carbocycles. The molecule has 0 spiro atoms. The molecule has 2 fully saturated rings. The van der Waals surface area contributed by atoms with Crippen molar-refractivity contribution in [3.63, 3.8) is 0 Å². The van der Waals surface area contributed by atoms with E-state index in [1.165, 1.54) is 12.5 Å².